The second kappa shape index (κ2) is 5.14. The first-order valence-corrected chi connectivity index (χ1v) is 6.42. The summed E-state index contributed by atoms with van der Waals surface area (Å²) < 4.78 is 13.3. The summed E-state index contributed by atoms with van der Waals surface area (Å²) in [6, 6.07) is 13.1. The van der Waals surface area contributed by atoms with Crippen LogP contribution in [0.25, 0.3) is 11.1 Å². The van der Waals surface area contributed by atoms with Gasteiger partial charge in [-0.05, 0) is 34.2 Å². The third kappa shape index (κ3) is 3.02. The van der Waals surface area contributed by atoms with Gasteiger partial charge >= 0.3 is 0 Å². The van der Waals surface area contributed by atoms with Crippen LogP contribution in [0.1, 0.15) is 31.9 Å². The molecule has 0 atom stereocenters. The number of halogens is 1. The minimum Gasteiger partial charge on any atom is -0.392 e. The van der Waals surface area contributed by atoms with Crippen molar-refractivity contribution >= 4 is 0 Å². The molecule has 19 heavy (non-hydrogen) atoms. The summed E-state index contributed by atoms with van der Waals surface area (Å²) in [6.45, 7) is 6.23. The van der Waals surface area contributed by atoms with Crippen molar-refractivity contribution in [2.45, 2.75) is 32.8 Å². The van der Waals surface area contributed by atoms with Gasteiger partial charge < -0.3 is 5.11 Å². The molecule has 0 unspecified atom stereocenters. The van der Waals surface area contributed by atoms with Gasteiger partial charge in [0.2, 0.25) is 0 Å². The molecule has 0 heterocycles. The summed E-state index contributed by atoms with van der Waals surface area (Å²) in [5.41, 5.74) is 3.67. The average molecular weight is 258 g/mol. The van der Waals surface area contributed by atoms with Gasteiger partial charge in [0.15, 0.2) is 0 Å². The molecule has 0 saturated carbocycles. The molecule has 0 amide bonds. The van der Waals surface area contributed by atoms with Crippen LogP contribution in [0.15, 0.2) is 42.5 Å². The van der Waals surface area contributed by atoms with Crippen LogP contribution in [0.2, 0.25) is 0 Å². The first-order valence-electron chi connectivity index (χ1n) is 6.42. The third-order valence-electron chi connectivity index (χ3n) is 3.30. The van der Waals surface area contributed by atoms with Crippen molar-refractivity contribution < 1.29 is 9.50 Å². The number of aliphatic hydroxyl groups excluding tert-OH is 1. The Hall–Kier alpha value is -1.67. The van der Waals surface area contributed by atoms with Gasteiger partial charge in [-0.1, -0.05) is 51.1 Å². The van der Waals surface area contributed by atoms with E-state index in [9.17, 15) is 4.39 Å². The Morgan fingerprint density at radius 2 is 1.53 bits per heavy atom. The van der Waals surface area contributed by atoms with Crippen molar-refractivity contribution in [3.8, 4) is 11.1 Å². The quantitative estimate of drug-likeness (QED) is 0.852. The van der Waals surface area contributed by atoms with Gasteiger partial charge in [0, 0.05) is 5.56 Å². The summed E-state index contributed by atoms with van der Waals surface area (Å²) in [5.74, 6) is -0.363. The van der Waals surface area contributed by atoms with Crippen molar-refractivity contribution in [1.82, 2.24) is 0 Å². The highest BCUT2D eigenvalue weighted by molar-refractivity contribution is 5.64. The predicted molar refractivity (Wildman–Crippen MR) is 76.5 cm³/mol. The van der Waals surface area contributed by atoms with E-state index in [2.05, 4.69) is 32.9 Å². The van der Waals surface area contributed by atoms with Crippen LogP contribution in [0.3, 0.4) is 0 Å². The van der Waals surface area contributed by atoms with Crippen LogP contribution in [0.5, 0.6) is 0 Å². The van der Waals surface area contributed by atoms with Gasteiger partial charge in [-0.25, -0.2) is 4.39 Å². The minimum absolute atomic E-state index is 0.123. The van der Waals surface area contributed by atoms with E-state index in [1.807, 2.05) is 12.1 Å². The van der Waals surface area contributed by atoms with Crippen molar-refractivity contribution in [3.05, 3.63) is 59.4 Å². The summed E-state index contributed by atoms with van der Waals surface area (Å²) in [7, 11) is 0. The second-order valence-corrected chi connectivity index (χ2v) is 5.79. The number of hydrogen-bond acceptors (Lipinski definition) is 1. The summed E-state index contributed by atoms with van der Waals surface area (Å²) in [5, 5.41) is 9.10. The van der Waals surface area contributed by atoms with Crippen molar-refractivity contribution in [2.24, 2.45) is 0 Å². The van der Waals surface area contributed by atoms with Crippen molar-refractivity contribution in [1.29, 1.82) is 0 Å². The van der Waals surface area contributed by atoms with E-state index >= 15 is 0 Å². The van der Waals surface area contributed by atoms with E-state index in [1.54, 1.807) is 12.1 Å². The van der Waals surface area contributed by atoms with Crippen LogP contribution in [-0.4, -0.2) is 5.11 Å². The molecule has 0 radical (unpaired) electrons. The average Bonchev–Trinajstić information content (AvgIpc) is 2.38. The smallest absolute Gasteiger partial charge is 0.128 e. The summed E-state index contributed by atoms with van der Waals surface area (Å²) in [6.07, 6.45) is 0. The Labute approximate surface area is 113 Å². The van der Waals surface area contributed by atoms with Crippen LogP contribution >= 0.6 is 0 Å². The van der Waals surface area contributed by atoms with Gasteiger partial charge in [0.25, 0.3) is 0 Å². The third-order valence-corrected chi connectivity index (χ3v) is 3.30. The fraction of sp³-hybridized carbons (Fsp3) is 0.294. The van der Waals surface area contributed by atoms with E-state index in [-0.39, 0.29) is 17.8 Å². The van der Waals surface area contributed by atoms with E-state index in [1.165, 1.54) is 11.6 Å². The molecule has 100 valence electrons. The second-order valence-electron chi connectivity index (χ2n) is 5.79. The molecule has 2 aromatic rings. The lowest BCUT2D eigenvalue weighted by Crippen LogP contribution is -2.10. The molecule has 0 aliphatic heterocycles. The van der Waals surface area contributed by atoms with Gasteiger partial charge in [0.05, 0.1) is 6.61 Å². The normalized spacial score (nSPS) is 11.6. The maximum absolute atomic E-state index is 13.3. The van der Waals surface area contributed by atoms with Gasteiger partial charge in [-0.3, -0.25) is 0 Å². The Morgan fingerprint density at radius 3 is 2.05 bits per heavy atom. The van der Waals surface area contributed by atoms with Gasteiger partial charge in [-0.15, -0.1) is 0 Å². The lowest BCUT2D eigenvalue weighted by atomic mass is 9.86. The molecule has 2 rings (SSSR count). The highest BCUT2D eigenvalue weighted by Gasteiger charge is 2.13. The number of hydrogen-bond donors (Lipinski definition) is 1. The van der Waals surface area contributed by atoms with E-state index in [4.69, 9.17) is 5.11 Å². The lowest BCUT2D eigenvalue weighted by Gasteiger charge is -2.19. The van der Waals surface area contributed by atoms with Crippen molar-refractivity contribution in [3.63, 3.8) is 0 Å². The Balaban J connectivity index is 2.37. The molecule has 1 N–H and O–H groups in total. The fourth-order valence-electron chi connectivity index (χ4n) is 2.04. The Morgan fingerprint density at radius 1 is 0.947 bits per heavy atom. The maximum Gasteiger partial charge on any atom is 0.128 e. The first-order chi connectivity index (χ1) is 8.91. The predicted octanol–water partition coefficient (Wildman–Crippen LogP) is 4.28. The highest BCUT2D eigenvalue weighted by atomic mass is 19.1. The fourth-order valence-corrected chi connectivity index (χ4v) is 2.04. The standard InChI is InChI=1S/C17H19FO/c1-17(2,3)15-7-4-12(5-8-15)13-6-9-16(18)14(10-13)11-19/h4-10,19H,11H2,1-3H3. The number of rotatable bonds is 2. The topological polar surface area (TPSA) is 20.2 Å². The molecule has 0 aliphatic rings. The lowest BCUT2D eigenvalue weighted by molar-refractivity contribution is 0.276. The van der Waals surface area contributed by atoms with E-state index < -0.39 is 0 Å². The van der Waals surface area contributed by atoms with Crippen molar-refractivity contribution in [2.75, 3.05) is 0 Å². The molecular weight excluding hydrogens is 239 g/mol. The molecule has 2 aromatic carbocycles. The number of aliphatic hydroxyl groups is 1. The molecule has 0 fully saturated rings. The maximum atomic E-state index is 13.3. The molecule has 2 heteroatoms. The first kappa shape index (κ1) is 13.8. The van der Waals surface area contributed by atoms with Gasteiger partial charge in [-0.2, -0.15) is 0 Å². The molecule has 0 bridgehead atoms. The zero-order valence-electron chi connectivity index (χ0n) is 11.6. The van der Waals surface area contributed by atoms with Crippen LogP contribution < -0.4 is 0 Å². The highest BCUT2D eigenvalue weighted by Crippen LogP contribution is 2.27. The molecule has 0 aromatic heterocycles. The monoisotopic (exact) mass is 258 g/mol. The van der Waals surface area contributed by atoms with E-state index in [0.29, 0.717) is 5.56 Å². The molecule has 0 saturated heterocycles. The zero-order chi connectivity index (χ0) is 14.0. The number of benzene rings is 2. The van der Waals surface area contributed by atoms with Crippen LogP contribution in [-0.2, 0) is 12.0 Å². The minimum atomic E-state index is -0.363. The van der Waals surface area contributed by atoms with Crippen LogP contribution in [0, 0.1) is 5.82 Å². The van der Waals surface area contributed by atoms with E-state index in [0.717, 1.165) is 11.1 Å². The molecule has 1 nitrogen and oxygen atoms in total. The molecule has 0 spiro atoms. The van der Waals surface area contributed by atoms with Gasteiger partial charge in [0.1, 0.15) is 5.82 Å². The SMILES string of the molecule is CC(C)(C)c1ccc(-c2ccc(F)c(CO)c2)cc1. The zero-order valence-corrected chi connectivity index (χ0v) is 11.6. The molecular formula is C17H19FO. The van der Waals surface area contributed by atoms with Crippen LogP contribution in [0.4, 0.5) is 4.39 Å². The molecule has 0 aliphatic carbocycles. The summed E-state index contributed by atoms with van der Waals surface area (Å²) in [4.78, 5) is 0. The Kier molecular flexibility index (Phi) is 3.72. The Bertz CT molecular complexity index is 565. The largest absolute Gasteiger partial charge is 0.392 e. The summed E-state index contributed by atoms with van der Waals surface area (Å²) >= 11 is 0.